The van der Waals surface area contributed by atoms with Gasteiger partial charge in [-0.15, -0.1) is 0 Å². The van der Waals surface area contributed by atoms with Gasteiger partial charge in [0.05, 0.1) is 12.8 Å². The van der Waals surface area contributed by atoms with Gasteiger partial charge < -0.3 is 4.74 Å². The van der Waals surface area contributed by atoms with Crippen molar-refractivity contribution in [3.8, 4) is 0 Å². The lowest BCUT2D eigenvalue weighted by molar-refractivity contribution is -0.0457. The molecule has 92 valence electrons. The maximum absolute atomic E-state index is 5.67. The quantitative estimate of drug-likeness (QED) is 0.740. The minimum atomic E-state index is 0.349. The number of hydrogen-bond acceptors (Lipinski definition) is 2. The zero-order valence-electron chi connectivity index (χ0n) is 10.7. The highest BCUT2D eigenvalue weighted by Crippen LogP contribution is 2.55. The Morgan fingerprint density at radius 1 is 1.06 bits per heavy atom. The minimum absolute atomic E-state index is 0.349. The maximum Gasteiger partial charge on any atom is 0.0972 e. The molecule has 2 nitrogen and oxygen atoms in total. The number of hydrogen-bond donors (Lipinski definition) is 1. The van der Waals surface area contributed by atoms with Crippen LogP contribution in [-0.2, 0) is 4.74 Å². The zero-order chi connectivity index (χ0) is 11.2. The molecule has 4 aliphatic carbocycles. The van der Waals surface area contributed by atoms with E-state index in [-0.39, 0.29) is 0 Å². The van der Waals surface area contributed by atoms with Gasteiger partial charge in [-0.05, 0) is 70.1 Å². The second-order valence-corrected chi connectivity index (χ2v) is 6.73. The van der Waals surface area contributed by atoms with Crippen LogP contribution in [0.3, 0.4) is 0 Å². The molecule has 0 aromatic heterocycles. The predicted molar refractivity (Wildman–Crippen MR) is 65.1 cm³/mol. The highest BCUT2D eigenvalue weighted by atomic mass is 16.5. The summed E-state index contributed by atoms with van der Waals surface area (Å²) in [6.45, 7) is 4.98. The second kappa shape index (κ2) is 3.99. The summed E-state index contributed by atoms with van der Waals surface area (Å²) in [5.41, 5.74) is 0.462. The Labute approximate surface area is 99.1 Å². The monoisotopic (exact) mass is 223 g/mol. The van der Waals surface area contributed by atoms with Crippen LogP contribution in [0.1, 0.15) is 52.4 Å². The number of nitrogens with one attached hydrogen (secondary N) is 1. The van der Waals surface area contributed by atoms with Crippen molar-refractivity contribution in [3.63, 3.8) is 0 Å². The Balaban J connectivity index is 1.60. The first-order chi connectivity index (χ1) is 7.65. The van der Waals surface area contributed by atoms with Crippen LogP contribution < -0.4 is 5.32 Å². The molecule has 0 heterocycles. The molecule has 0 spiro atoms. The Bertz CT molecular complexity index is 226. The van der Waals surface area contributed by atoms with E-state index in [0.29, 0.717) is 11.6 Å². The van der Waals surface area contributed by atoms with Gasteiger partial charge in [0, 0.05) is 5.54 Å². The van der Waals surface area contributed by atoms with Gasteiger partial charge >= 0.3 is 0 Å². The van der Waals surface area contributed by atoms with Crippen molar-refractivity contribution in [2.75, 3.05) is 6.73 Å². The van der Waals surface area contributed by atoms with Crippen molar-refractivity contribution < 1.29 is 4.74 Å². The SMILES string of the molecule is CC(C)OCNC12CC3CC(CC(C3)C1)C2. The molecular formula is C14H25NO. The zero-order valence-corrected chi connectivity index (χ0v) is 10.7. The summed E-state index contributed by atoms with van der Waals surface area (Å²) in [5.74, 6) is 3.08. The van der Waals surface area contributed by atoms with E-state index >= 15 is 0 Å². The molecule has 0 aliphatic heterocycles. The lowest BCUT2D eigenvalue weighted by Gasteiger charge is -2.57. The van der Waals surface area contributed by atoms with Gasteiger partial charge in [-0.2, -0.15) is 0 Å². The molecule has 2 heteroatoms. The van der Waals surface area contributed by atoms with E-state index in [2.05, 4.69) is 19.2 Å². The molecule has 0 aromatic rings. The number of ether oxygens (including phenoxy) is 1. The summed E-state index contributed by atoms with van der Waals surface area (Å²) < 4.78 is 5.67. The lowest BCUT2D eigenvalue weighted by Crippen LogP contribution is -2.58. The average molecular weight is 223 g/mol. The first-order valence-electron chi connectivity index (χ1n) is 7.02. The van der Waals surface area contributed by atoms with Gasteiger partial charge in [0.15, 0.2) is 0 Å². The van der Waals surface area contributed by atoms with Crippen molar-refractivity contribution in [3.05, 3.63) is 0 Å². The topological polar surface area (TPSA) is 21.3 Å². The molecule has 0 radical (unpaired) electrons. The minimum Gasteiger partial charge on any atom is -0.364 e. The molecule has 4 aliphatic rings. The highest BCUT2D eigenvalue weighted by molar-refractivity contribution is 5.05. The molecule has 16 heavy (non-hydrogen) atoms. The van der Waals surface area contributed by atoms with E-state index in [9.17, 15) is 0 Å². The maximum atomic E-state index is 5.67. The summed E-state index contributed by atoms with van der Waals surface area (Å²) >= 11 is 0. The molecule has 4 saturated carbocycles. The van der Waals surface area contributed by atoms with E-state index in [1.54, 1.807) is 0 Å². The van der Waals surface area contributed by atoms with Crippen molar-refractivity contribution in [2.24, 2.45) is 17.8 Å². The molecule has 0 atom stereocenters. The molecule has 4 rings (SSSR count). The Hall–Kier alpha value is -0.0800. The predicted octanol–water partition coefficient (Wildman–Crippen LogP) is 2.93. The molecule has 0 aromatic carbocycles. The highest BCUT2D eigenvalue weighted by Gasteiger charge is 2.50. The molecular weight excluding hydrogens is 198 g/mol. The molecule has 0 saturated heterocycles. The Morgan fingerprint density at radius 3 is 2.00 bits per heavy atom. The van der Waals surface area contributed by atoms with Gasteiger partial charge in [0.1, 0.15) is 0 Å². The fourth-order valence-corrected chi connectivity index (χ4v) is 4.69. The van der Waals surface area contributed by atoms with Crippen LogP contribution in [0.15, 0.2) is 0 Å². The molecule has 0 amide bonds. The van der Waals surface area contributed by atoms with Crippen molar-refractivity contribution >= 4 is 0 Å². The largest absolute Gasteiger partial charge is 0.364 e. The van der Waals surface area contributed by atoms with Crippen molar-refractivity contribution in [2.45, 2.75) is 64.0 Å². The molecule has 4 bridgehead atoms. The summed E-state index contributed by atoms with van der Waals surface area (Å²) in [6.07, 6.45) is 9.16. The van der Waals surface area contributed by atoms with E-state index in [0.717, 1.165) is 24.5 Å². The van der Waals surface area contributed by atoms with Gasteiger partial charge in [-0.25, -0.2) is 0 Å². The third-order valence-electron chi connectivity index (χ3n) is 4.90. The second-order valence-electron chi connectivity index (χ2n) is 6.73. The van der Waals surface area contributed by atoms with Crippen LogP contribution in [0.2, 0.25) is 0 Å². The smallest absolute Gasteiger partial charge is 0.0972 e. The summed E-state index contributed by atoms with van der Waals surface area (Å²) in [7, 11) is 0. The fourth-order valence-electron chi connectivity index (χ4n) is 4.69. The Kier molecular flexibility index (Phi) is 2.75. The van der Waals surface area contributed by atoms with Gasteiger partial charge in [-0.1, -0.05) is 0 Å². The van der Waals surface area contributed by atoms with E-state index in [1.807, 2.05) is 0 Å². The molecule has 0 unspecified atom stereocenters. The molecule has 4 fully saturated rings. The first kappa shape index (κ1) is 11.0. The van der Waals surface area contributed by atoms with Crippen LogP contribution in [0.25, 0.3) is 0 Å². The van der Waals surface area contributed by atoms with Gasteiger partial charge in [-0.3, -0.25) is 5.32 Å². The Morgan fingerprint density at radius 2 is 1.56 bits per heavy atom. The van der Waals surface area contributed by atoms with E-state index in [1.165, 1.54) is 38.5 Å². The first-order valence-corrected chi connectivity index (χ1v) is 7.02. The summed E-state index contributed by atoms with van der Waals surface area (Å²) in [6, 6.07) is 0. The summed E-state index contributed by atoms with van der Waals surface area (Å²) in [5, 5.41) is 3.74. The van der Waals surface area contributed by atoms with Crippen LogP contribution in [0.4, 0.5) is 0 Å². The third-order valence-corrected chi connectivity index (χ3v) is 4.90. The van der Waals surface area contributed by atoms with Crippen molar-refractivity contribution in [1.82, 2.24) is 5.32 Å². The summed E-state index contributed by atoms with van der Waals surface area (Å²) in [4.78, 5) is 0. The fraction of sp³-hybridized carbons (Fsp3) is 1.00. The average Bonchev–Trinajstić information content (AvgIpc) is 2.13. The van der Waals surface area contributed by atoms with Crippen molar-refractivity contribution in [1.29, 1.82) is 0 Å². The van der Waals surface area contributed by atoms with Crippen LogP contribution in [0, 0.1) is 17.8 Å². The molecule has 1 N–H and O–H groups in total. The lowest BCUT2D eigenvalue weighted by atomic mass is 9.53. The van der Waals surface area contributed by atoms with Crippen LogP contribution >= 0.6 is 0 Å². The van der Waals surface area contributed by atoms with Gasteiger partial charge in [0.2, 0.25) is 0 Å². The number of rotatable bonds is 4. The van der Waals surface area contributed by atoms with Gasteiger partial charge in [0.25, 0.3) is 0 Å². The van der Waals surface area contributed by atoms with Crippen LogP contribution in [0.5, 0.6) is 0 Å². The van der Waals surface area contributed by atoms with E-state index < -0.39 is 0 Å². The van der Waals surface area contributed by atoms with E-state index in [4.69, 9.17) is 4.74 Å². The van der Waals surface area contributed by atoms with Crippen LogP contribution in [-0.4, -0.2) is 18.4 Å². The normalized spacial score (nSPS) is 45.6. The standard InChI is InChI=1S/C14H25NO/c1-10(2)16-9-15-14-6-11-3-12(7-14)5-13(4-11)8-14/h10-13,15H,3-9H2,1-2H3. The third kappa shape index (κ3) is 2.02.